The van der Waals surface area contributed by atoms with Crippen LogP contribution in [0.25, 0.3) is 0 Å². The zero-order valence-corrected chi connectivity index (χ0v) is 9.27. The largest absolute Gasteiger partial charge is 4.00 e. The first-order valence-corrected chi connectivity index (χ1v) is 1.37. The molecular weight excluding hydrogens is 240 g/mol. The van der Waals surface area contributed by atoms with Crippen molar-refractivity contribution in [2.75, 3.05) is 0 Å². The SMILES string of the molecule is [CH3-].[CH3-].[CH3-].[Ce+4].c1c[n-]cn1. The molecule has 0 spiro atoms. The summed E-state index contributed by atoms with van der Waals surface area (Å²) in [5.41, 5.74) is 0. The molecule has 0 aliphatic rings. The Labute approximate surface area is 91.9 Å². The Bertz CT molecular complexity index is 67.5. The van der Waals surface area contributed by atoms with Crippen LogP contribution in [0, 0.1) is 64.0 Å². The van der Waals surface area contributed by atoms with Crippen molar-refractivity contribution in [2.24, 2.45) is 0 Å². The number of rotatable bonds is 0. The van der Waals surface area contributed by atoms with Crippen LogP contribution in [-0.4, -0.2) is 4.98 Å². The van der Waals surface area contributed by atoms with Crippen molar-refractivity contribution in [3.8, 4) is 0 Å². The summed E-state index contributed by atoms with van der Waals surface area (Å²) >= 11 is 0. The smallest absolute Gasteiger partial charge is 0.450 e. The molecule has 9 heavy (non-hydrogen) atoms. The monoisotopic (exact) mass is 252 g/mol. The van der Waals surface area contributed by atoms with Gasteiger partial charge in [0.05, 0.1) is 0 Å². The second kappa shape index (κ2) is 15.8. The zero-order valence-electron chi connectivity index (χ0n) is 6.13. The number of hydrogen-bond donors (Lipinski definition) is 0. The van der Waals surface area contributed by atoms with E-state index >= 15 is 0 Å². The molecule has 0 aliphatic heterocycles. The first-order valence-electron chi connectivity index (χ1n) is 1.37. The van der Waals surface area contributed by atoms with E-state index in [1.165, 1.54) is 6.33 Å². The van der Waals surface area contributed by atoms with E-state index in [1.807, 2.05) is 0 Å². The molecule has 0 saturated heterocycles. The van der Waals surface area contributed by atoms with Crippen molar-refractivity contribution in [1.82, 2.24) is 9.97 Å². The van der Waals surface area contributed by atoms with Gasteiger partial charge in [-0.15, -0.1) is 0 Å². The van der Waals surface area contributed by atoms with Gasteiger partial charge < -0.3 is 32.2 Å². The summed E-state index contributed by atoms with van der Waals surface area (Å²) in [5.74, 6) is 0. The predicted octanol–water partition coefficient (Wildman–Crippen LogP) is 1.39. The van der Waals surface area contributed by atoms with Crippen molar-refractivity contribution < 1.29 is 41.7 Å². The Morgan fingerprint density at radius 1 is 1.11 bits per heavy atom. The van der Waals surface area contributed by atoms with Crippen LogP contribution in [0.5, 0.6) is 0 Å². The molecule has 0 atom stereocenters. The van der Waals surface area contributed by atoms with E-state index in [0.29, 0.717) is 0 Å². The minimum atomic E-state index is 0. The van der Waals surface area contributed by atoms with Gasteiger partial charge in [0.1, 0.15) is 0 Å². The molecule has 50 valence electrons. The third-order valence-corrected chi connectivity index (χ3v) is 0.372. The molecule has 1 rings (SSSR count). The van der Waals surface area contributed by atoms with Crippen LogP contribution in [0.4, 0.5) is 0 Å². The topological polar surface area (TPSA) is 27.0 Å². The van der Waals surface area contributed by atoms with Crippen molar-refractivity contribution in [3.05, 3.63) is 41.0 Å². The van der Waals surface area contributed by atoms with Gasteiger partial charge in [0.15, 0.2) is 0 Å². The summed E-state index contributed by atoms with van der Waals surface area (Å²) < 4.78 is 0. The number of nitrogens with zero attached hydrogens (tertiary/aromatic N) is 2. The Balaban J connectivity index is -0.0000000312. The summed E-state index contributed by atoms with van der Waals surface area (Å²) in [6.45, 7) is 0. The van der Waals surface area contributed by atoms with E-state index in [-0.39, 0.29) is 64.0 Å². The summed E-state index contributed by atoms with van der Waals surface area (Å²) in [5, 5.41) is 0. The van der Waals surface area contributed by atoms with Crippen LogP contribution in [0.15, 0.2) is 18.7 Å². The third-order valence-electron chi connectivity index (χ3n) is 0.372. The normalized spacial score (nSPS) is 4.44. The first-order chi connectivity index (χ1) is 2.50. The van der Waals surface area contributed by atoms with Crippen molar-refractivity contribution in [3.63, 3.8) is 0 Å². The van der Waals surface area contributed by atoms with Crippen LogP contribution in [0.3, 0.4) is 0 Å². The van der Waals surface area contributed by atoms with Crippen molar-refractivity contribution in [1.29, 1.82) is 0 Å². The molecule has 0 aromatic carbocycles. The molecule has 0 unspecified atom stereocenters. The molecule has 0 amide bonds. The van der Waals surface area contributed by atoms with Crippen molar-refractivity contribution in [2.45, 2.75) is 0 Å². The van der Waals surface area contributed by atoms with Crippen LogP contribution < -0.4 is 4.98 Å². The minimum absolute atomic E-state index is 0. The zero-order chi connectivity index (χ0) is 3.54. The average molecular weight is 252 g/mol. The second-order valence-corrected chi connectivity index (χ2v) is 0.712. The number of hydrogen-bond acceptors (Lipinski definition) is 1. The summed E-state index contributed by atoms with van der Waals surface area (Å²) in [6.07, 6.45) is 4.78. The van der Waals surface area contributed by atoms with Crippen LogP contribution in [0.1, 0.15) is 0 Å². The number of imidazole rings is 1. The third kappa shape index (κ3) is 11.9. The minimum Gasteiger partial charge on any atom is -0.450 e. The molecule has 0 radical (unpaired) electrons. The standard InChI is InChI=1S/C3H3N2.3CH3.Ce/c1-2-5-3-4-1;;;;/h1-3H;3*1H3;/q4*-1;+4. The maximum Gasteiger partial charge on any atom is 4.00 e. The number of aromatic nitrogens is 2. The van der Waals surface area contributed by atoms with Gasteiger partial charge in [-0.25, -0.2) is 0 Å². The summed E-state index contributed by atoms with van der Waals surface area (Å²) in [6, 6.07) is 0. The Hall–Kier alpha value is 0.587. The average Bonchev–Trinajstić information content (AvgIpc) is 1.76. The van der Waals surface area contributed by atoms with E-state index in [2.05, 4.69) is 9.97 Å². The van der Waals surface area contributed by atoms with E-state index in [4.69, 9.17) is 0 Å². The molecule has 0 aliphatic carbocycles. The van der Waals surface area contributed by atoms with Gasteiger partial charge >= 0.3 is 41.7 Å². The van der Waals surface area contributed by atoms with Gasteiger partial charge in [-0.05, 0) is 0 Å². The maximum absolute atomic E-state index is 3.61. The summed E-state index contributed by atoms with van der Waals surface area (Å²) in [4.78, 5) is 7.22. The molecule has 1 aromatic rings. The Morgan fingerprint density at radius 2 is 1.67 bits per heavy atom. The Kier molecular flexibility index (Phi) is 39.8. The molecule has 0 saturated carbocycles. The van der Waals surface area contributed by atoms with Crippen LogP contribution in [-0.2, 0) is 0 Å². The van der Waals surface area contributed by atoms with E-state index < -0.39 is 0 Å². The molecule has 3 heteroatoms. The van der Waals surface area contributed by atoms with Crippen molar-refractivity contribution >= 4 is 0 Å². The van der Waals surface area contributed by atoms with Crippen LogP contribution >= 0.6 is 0 Å². The fraction of sp³-hybridized carbons (Fsp3) is 0. The van der Waals surface area contributed by atoms with Gasteiger partial charge in [0, 0.05) is 0 Å². The molecule has 0 fully saturated rings. The van der Waals surface area contributed by atoms with Gasteiger partial charge in [0.25, 0.3) is 0 Å². The molecule has 2 nitrogen and oxygen atoms in total. The van der Waals surface area contributed by atoms with E-state index in [1.54, 1.807) is 12.4 Å². The molecule has 1 aromatic heterocycles. The predicted molar refractivity (Wildman–Crippen MR) is 36.8 cm³/mol. The van der Waals surface area contributed by atoms with E-state index in [9.17, 15) is 0 Å². The quantitative estimate of drug-likeness (QED) is 0.652. The second-order valence-electron chi connectivity index (χ2n) is 0.712. The fourth-order valence-corrected chi connectivity index (χ4v) is 0.192. The summed E-state index contributed by atoms with van der Waals surface area (Å²) in [7, 11) is 0. The van der Waals surface area contributed by atoms with E-state index in [0.717, 1.165) is 0 Å². The van der Waals surface area contributed by atoms with Gasteiger partial charge in [-0.2, -0.15) is 0 Å². The molecular formula is C6H12CeN2. The van der Waals surface area contributed by atoms with Gasteiger partial charge in [-0.1, -0.05) is 18.7 Å². The fourth-order valence-electron chi connectivity index (χ4n) is 0.192. The molecule has 0 N–H and O–H groups in total. The molecule has 1 heterocycles. The van der Waals surface area contributed by atoms with Gasteiger partial charge in [-0.3, -0.25) is 0 Å². The van der Waals surface area contributed by atoms with Crippen LogP contribution in [0.2, 0.25) is 0 Å². The maximum atomic E-state index is 3.61. The first kappa shape index (κ1) is 22.6. The Morgan fingerprint density at radius 3 is 1.78 bits per heavy atom. The molecule has 0 bridgehead atoms. The van der Waals surface area contributed by atoms with Gasteiger partial charge in [0.2, 0.25) is 0 Å².